The van der Waals surface area contributed by atoms with Gasteiger partial charge in [-0.2, -0.15) is 0 Å². The normalized spacial score (nSPS) is 12.8. The van der Waals surface area contributed by atoms with Crippen LogP contribution in [0.4, 0.5) is 0 Å². The van der Waals surface area contributed by atoms with Gasteiger partial charge in [0.05, 0.1) is 21.2 Å². The zero-order valence-corrected chi connectivity index (χ0v) is 14.0. The van der Waals surface area contributed by atoms with Gasteiger partial charge in [0, 0.05) is 13.1 Å². The Morgan fingerprint density at radius 2 is 1.78 bits per heavy atom. The second-order valence-electron chi connectivity index (χ2n) is 4.54. The number of ether oxygens (including phenoxy) is 1. The highest BCUT2D eigenvalue weighted by Gasteiger charge is 2.10. The summed E-state index contributed by atoms with van der Waals surface area (Å²) in [6, 6.07) is 4.05. The summed E-state index contributed by atoms with van der Waals surface area (Å²) in [5.41, 5.74) is 1.13. The third kappa shape index (κ3) is 5.26. The molecule has 3 nitrogen and oxygen atoms in total. The lowest BCUT2D eigenvalue weighted by Gasteiger charge is -2.15. The highest BCUT2D eigenvalue weighted by Crippen LogP contribution is 2.35. The van der Waals surface area contributed by atoms with Crippen molar-refractivity contribution in [2.75, 3.05) is 6.54 Å². The Balaban J connectivity index is 2.73. The monoisotopic (exact) mass is 379 g/mol. The molecule has 18 heavy (non-hydrogen) atoms. The molecule has 0 saturated carbocycles. The highest BCUT2D eigenvalue weighted by molar-refractivity contribution is 9.11. The van der Waals surface area contributed by atoms with E-state index in [4.69, 9.17) is 4.74 Å². The molecule has 102 valence electrons. The highest BCUT2D eigenvalue weighted by atomic mass is 79.9. The van der Waals surface area contributed by atoms with Crippen LogP contribution in [-0.4, -0.2) is 23.9 Å². The van der Waals surface area contributed by atoms with E-state index in [1.54, 1.807) is 6.92 Å². The third-order valence-corrected chi connectivity index (χ3v) is 3.36. The van der Waals surface area contributed by atoms with Crippen molar-refractivity contribution in [3.63, 3.8) is 0 Å². The van der Waals surface area contributed by atoms with E-state index in [-0.39, 0.29) is 12.2 Å². The molecule has 5 heteroatoms. The fourth-order valence-corrected chi connectivity index (χ4v) is 2.96. The standard InChI is InChI=1S/C13H19Br2NO2/c1-8(2)18-13-11(14)4-10(5-12(13)15)7-16-6-9(3)17/h4-5,8-9,16-17H,6-7H2,1-3H3/t9-/m1/s1. The van der Waals surface area contributed by atoms with Gasteiger partial charge in [0.2, 0.25) is 0 Å². The zero-order chi connectivity index (χ0) is 13.7. The smallest absolute Gasteiger partial charge is 0.148 e. The van der Waals surface area contributed by atoms with Crippen molar-refractivity contribution < 1.29 is 9.84 Å². The van der Waals surface area contributed by atoms with E-state index in [0.717, 1.165) is 20.3 Å². The summed E-state index contributed by atoms with van der Waals surface area (Å²) >= 11 is 7.03. The van der Waals surface area contributed by atoms with Crippen molar-refractivity contribution in [2.45, 2.75) is 39.5 Å². The van der Waals surface area contributed by atoms with E-state index >= 15 is 0 Å². The van der Waals surface area contributed by atoms with Gasteiger partial charge in [-0.15, -0.1) is 0 Å². The lowest BCUT2D eigenvalue weighted by molar-refractivity contribution is 0.191. The predicted molar refractivity (Wildman–Crippen MR) is 81.0 cm³/mol. The molecule has 0 aliphatic rings. The molecule has 0 aliphatic heterocycles. The van der Waals surface area contributed by atoms with Crippen molar-refractivity contribution in [3.8, 4) is 5.75 Å². The van der Waals surface area contributed by atoms with Gasteiger partial charge in [-0.1, -0.05) is 0 Å². The Labute approximate surface area is 125 Å². The molecular formula is C13H19Br2NO2. The number of rotatable bonds is 6. The van der Waals surface area contributed by atoms with Crippen LogP contribution in [0, 0.1) is 0 Å². The van der Waals surface area contributed by atoms with Crippen LogP contribution in [0.3, 0.4) is 0 Å². The number of benzene rings is 1. The minimum Gasteiger partial charge on any atom is -0.489 e. The SMILES string of the molecule is CC(C)Oc1c(Br)cc(CNC[C@@H](C)O)cc1Br. The number of nitrogens with one attached hydrogen (secondary N) is 1. The molecule has 0 radical (unpaired) electrons. The number of hydrogen-bond donors (Lipinski definition) is 2. The molecule has 0 aliphatic carbocycles. The van der Waals surface area contributed by atoms with Crippen LogP contribution in [0.25, 0.3) is 0 Å². The summed E-state index contributed by atoms with van der Waals surface area (Å²) in [6.07, 6.45) is -0.197. The van der Waals surface area contributed by atoms with Gasteiger partial charge in [0.15, 0.2) is 0 Å². The van der Waals surface area contributed by atoms with Crippen molar-refractivity contribution in [1.29, 1.82) is 0 Å². The van der Waals surface area contributed by atoms with Crippen LogP contribution >= 0.6 is 31.9 Å². The summed E-state index contributed by atoms with van der Waals surface area (Å²) in [5, 5.41) is 12.4. The van der Waals surface area contributed by atoms with Gasteiger partial charge < -0.3 is 15.2 Å². The van der Waals surface area contributed by atoms with Crippen LogP contribution < -0.4 is 10.1 Å². The fraction of sp³-hybridized carbons (Fsp3) is 0.538. The molecule has 0 saturated heterocycles. The first kappa shape index (κ1) is 16.0. The largest absolute Gasteiger partial charge is 0.489 e. The average molecular weight is 381 g/mol. The first-order valence-electron chi connectivity index (χ1n) is 5.93. The molecule has 1 aromatic carbocycles. The topological polar surface area (TPSA) is 41.5 Å². The van der Waals surface area contributed by atoms with Crippen molar-refractivity contribution in [1.82, 2.24) is 5.32 Å². The van der Waals surface area contributed by atoms with Gasteiger partial charge in [-0.05, 0) is 70.3 Å². The number of hydrogen-bond acceptors (Lipinski definition) is 3. The molecule has 0 heterocycles. The molecule has 0 aromatic heterocycles. The van der Waals surface area contributed by atoms with E-state index in [1.165, 1.54) is 0 Å². The Kier molecular flexibility index (Phi) is 6.63. The van der Waals surface area contributed by atoms with Gasteiger partial charge >= 0.3 is 0 Å². The second-order valence-corrected chi connectivity index (χ2v) is 6.24. The molecule has 2 N–H and O–H groups in total. The van der Waals surface area contributed by atoms with Crippen molar-refractivity contribution in [3.05, 3.63) is 26.6 Å². The van der Waals surface area contributed by atoms with Crippen LogP contribution in [0.5, 0.6) is 5.75 Å². The molecule has 1 aromatic rings. The summed E-state index contributed by atoms with van der Waals surface area (Å²) in [5.74, 6) is 0.823. The van der Waals surface area contributed by atoms with Crippen molar-refractivity contribution in [2.24, 2.45) is 0 Å². The van der Waals surface area contributed by atoms with E-state index in [2.05, 4.69) is 37.2 Å². The summed E-state index contributed by atoms with van der Waals surface area (Å²) in [4.78, 5) is 0. The molecule has 0 bridgehead atoms. The lowest BCUT2D eigenvalue weighted by Crippen LogP contribution is -2.23. The molecule has 0 unspecified atom stereocenters. The van der Waals surface area contributed by atoms with Crippen LogP contribution in [0.1, 0.15) is 26.3 Å². The molecule has 1 rings (SSSR count). The lowest BCUT2D eigenvalue weighted by atomic mass is 10.2. The minimum absolute atomic E-state index is 0.136. The third-order valence-electron chi connectivity index (χ3n) is 2.18. The Bertz CT molecular complexity index is 372. The maximum Gasteiger partial charge on any atom is 0.148 e. The maximum absolute atomic E-state index is 9.18. The zero-order valence-electron chi connectivity index (χ0n) is 10.8. The minimum atomic E-state index is -0.333. The second kappa shape index (κ2) is 7.48. The van der Waals surface area contributed by atoms with Gasteiger partial charge in [-0.25, -0.2) is 0 Å². The molecule has 0 amide bonds. The predicted octanol–water partition coefficient (Wildman–Crippen LogP) is 3.47. The van der Waals surface area contributed by atoms with E-state index < -0.39 is 0 Å². The van der Waals surface area contributed by atoms with Gasteiger partial charge in [0.1, 0.15) is 5.75 Å². The van der Waals surface area contributed by atoms with E-state index in [9.17, 15) is 5.11 Å². The van der Waals surface area contributed by atoms with Crippen LogP contribution in [-0.2, 0) is 6.54 Å². The van der Waals surface area contributed by atoms with E-state index in [0.29, 0.717) is 13.1 Å². The quantitative estimate of drug-likeness (QED) is 0.793. The van der Waals surface area contributed by atoms with E-state index in [1.807, 2.05) is 26.0 Å². The van der Waals surface area contributed by atoms with Crippen LogP contribution in [0.15, 0.2) is 21.1 Å². The number of aliphatic hydroxyl groups is 1. The summed E-state index contributed by atoms with van der Waals surface area (Å²) < 4.78 is 7.58. The van der Waals surface area contributed by atoms with Crippen LogP contribution in [0.2, 0.25) is 0 Å². The number of aliphatic hydroxyl groups excluding tert-OH is 1. The fourth-order valence-electron chi connectivity index (χ4n) is 1.49. The Morgan fingerprint density at radius 1 is 1.22 bits per heavy atom. The first-order chi connectivity index (χ1) is 8.40. The summed E-state index contributed by atoms with van der Waals surface area (Å²) in [7, 11) is 0. The average Bonchev–Trinajstić information content (AvgIpc) is 2.22. The molecule has 1 atom stereocenters. The summed E-state index contributed by atoms with van der Waals surface area (Å²) in [6.45, 7) is 7.05. The Hall–Kier alpha value is -0.100. The number of halogens is 2. The molecular weight excluding hydrogens is 362 g/mol. The molecule has 0 spiro atoms. The van der Waals surface area contributed by atoms with Gasteiger partial charge in [0.25, 0.3) is 0 Å². The Morgan fingerprint density at radius 3 is 2.22 bits per heavy atom. The van der Waals surface area contributed by atoms with Gasteiger partial charge in [-0.3, -0.25) is 0 Å². The van der Waals surface area contributed by atoms with Crippen molar-refractivity contribution >= 4 is 31.9 Å². The molecule has 0 fully saturated rings. The first-order valence-corrected chi connectivity index (χ1v) is 7.52. The maximum atomic E-state index is 9.18.